The fourth-order valence-electron chi connectivity index (χ4n) is 1.98. The average Bonchev–Trinajstić information content (AvgIpc) is 1.82. The third-order valence-corrected chi connectivity index (χ3v) is 3.20. The van der Waals surface area contributed by atoms with Gasteiger partial charge in [-0.2, -0.15) is 5.26 Å². The van der Waals surface area contributed by atoms with Crippen LogP contribution in [0.15, 0.2) is 0 Å². The number of hydrogen-bond acceptors (Lipinski definition) is 1. The maximum Gasteiger partial charge on any atom is 0.0698 e. The smallest absolute Gasteiger partial charge is 0.0698 e. The first-order chi connectivity index (χ1) is 4.54. The van der Waals surface area contributed by atoms with Gasteiger partial charge in [0.05, 0.1) is 11.5 Å². The lowest BCUT2D eigenvalue weighted by Crippen LogP contribution is -2.43. The van der Waals surface area contributed by atoms with Crippen molar-refractivity contribution in [3.63, 3.8) is 0 Å². The van der Waals surface area contributed by atoms with Gasteiger partial charge in [0, 0.05) is 5.33 Å². The minimum Gasteiger partial charge on any atom is -0.198 e. The Balaban J connectivity index is 2.57. The minimum absolute atomic E-state index is 0.0382. The maximum atomic E-state index is 8.79. The molecule has 0 saturated heterocycles. The molecule has 0 heterocycles. The monoisotopic (exact) mass is 201 g/mol. The van der Waals surface area contributed by atoms with Crippen LogP contribution in [0.25, 0.3) is 0 Å². The Kier molecular flexibility index (Phi) is 1.80. The van der Waals surface area contributed by atoms with Crippen molar-refractivity contribution in [3.8, 4) is 6.07 Å². The van der Waals surface area contributed by atoms with E-state index in [1.807, 2.05) is 0 Å². The molecule has 1 fully saturated rings. The fraction of sp³-hybridized carbons (Fsp3) is 0.875. The van der Waals surface area contributed by atoms with Gasteiger partial charge in [-0.3, -0.25) is 0 Å². The first-order valence-electron chi connectivity index (χ1n) is 3.51. The summed E-state index contributed by atoms with van der Waals surface area (Å²) in [6.45, 7) is 4.43. The third kappa shape index (κ3) is 1.20. The molecule has 10 heavy (non-hydrogen) atoms. The molecule has 0 aromatic rings. The molecule has 56 valence electrons. The molecule has 1 aliphatic carbocycles. The van der Waals surface area contributed by atoms with Crippen molar-refractivity contribution in [2.45, 2.75) is 26.7 Å². The van der Waals surface area contributed by atoms with Gasteiger partial charge in [-0.1, -0.05) is 29.8 Å². The van der Waals surface area contributed by atoms with Crippen molar-refractivity contribution in [3.05, 3.63) is 0 Å². The summed E-state index contributed by atoms with van der Waals surface area (Å²) >= 11 is 3.37. The van der Waals surface area contributed by atoms with E-state index in [2.05, 4.69) is 35.8 Å². The molecule has 2 heteroatoms. The van der Waals surface area contributed by atoms with Crippen molar-refractivity contribution in [1.29, 1.82) is 5.26 Å². The highest BCUT2D eigenvalue weighted by atomic mass is 79.9. The largest absolute Gasteiger partial charge is 0.198 e. The van der Waals surface area contributed by atoms with E-state index in [0.717, 1.165) is 18.2 Å². The van der Waals surface area contributed by atoms with Gasteiger partial charge in [-0.05, 0) is 18.3 Å². The summed E-state index contributed by atoms with van der Waals surface area (Å²) in [4.78, 5) is 0. The highest BCUT2D eigenvalue weighted by Gasteiger charge is 2.48. The molecule has 0 bridgehead atoms. The van der Waals surface area contributed by atoms with Gasteiger partial charge in [0.2, 0.25) is 0 Å². The topological polar surface area (TPSA) is 23.8 Å². The summed E-state index contributed by atoms with van der Waals surface area (Å²) in [5, 5.41) is 9.62. The molecule has 0 aromatic carbocycles. The van der Waals surface area contributed by atoms with Crippen LogP contribution in [-0.4, -0.2) is 5.33 Å². The average molecular weight is 202 g/mol. The lowest BCUT2D eigenvalue weighted by molar-refractivity contribution is 0.0571. The van der Waals surface area contributed by atoms with Gasteiger partial charge >= 0.3 is 0 Å². The number of nitrogens with zero attached hydrogens (tertiary/aromatic N) is 1. The number of hydrogen-bond donors (Lipinski definition) is 0. The first-order valence-corrected chi connectivity index (χ1v) is 4.63. The zero-order valence-corrected chi connectivity index (χ0v) is 8.03. The molecule has 0 radical (unpaired) electrons. The lowest BCUT2D eigenvalue weighted by atomic mass is 9.56. The molecule has 0 aromatic heterocycles. The van der Waals surface area contributed by atoms with Gasteiger partial charge in [-0.25, -0.2) is 0 Å². The van der Waals surface area contributed by atoms with Crippen molar-refractivity contribution in [2.24, 2.45) is 10.8 Å². The fourth-order valence-corrected chi connectivity index (χ4v) is 2.51. The number of nitriles is 1. The van der Waals surface area contributed by atoms with Crippen molar-refractivity contribution in [2.75, 3.05) is 5.33 Å². The van der Waals surface area contributed by atoms with Gasteiger partial charge < -0.3 is 0 Å². The molecule has 1 rings (SSSR count). The van der Waals surface area contributed by atoms with E-state index in [1.54, 1.807) is 0 Å². The van der Waals surface area contributed by atoms with Crippen LogP contribution in [0.5, 0.6) is 0 Å². The van der Waals surface area contributed by atoms with Crippen molar-refractivity contribution in [1.82, 2.24) is 0 Å². The summed E-state index contributed by atoms with van der Waals surface area (Å²) in [5.74, 6) is 0. The number of halogens is 1. The van der Waals surface area contributed by atoms with Gasteiger partial charge in [0.25, 0.3) is 0 Å². The van der Waals surface area contributed by atoms with Crippen LogP contribution in [0, 0.1) is 22.2 Å². The van der Waals surface area contributed by atoms with E-state index < -0.39 is 0 Å². The Morgan fingerprint density at radius 1 is 1.50 bits per heavy atom. The van der Waals surface area contributed by atoms with Gasteiger partial charge in [0.1, 0.15) is 0 Å². The second-order valence-corrected chi connectivity index (χ2v) is 4.60. The summed E-state index contributed by atoms with van der Waals surface area (Å²) < 4.78 is 0. The van der Waals surface area contributed by atoms with E-state index in [0.29, 0.717) is 5.41 Å². The molecule has 1 nitrogen and oxygen atoms in total. The Labute approximate surface area is 70.5 Å². The van der Waals surface area contributed by atoms with Crippen LogP contribution in [0.4, 0.5) is 0 Å². The summed E-state index contributed by atoms with van der Waals surface area (Å²) in [6.07, 6.45) is 2.09. The van der Waals surface area contributed by atoms with E-state index in [9.17, 15) is 0 Å². The zero-order chi connectivity index (χ0) is 7.83. The highest BCUT2D eigenvalue weighted by Crippen LogP contribution is 2.54. The van der Waals surface area contributed by atoms with Gasteiger partial charge in [-0.15, -0.1) is 0 Å². The van der Waals surface area contributed by atoms with Crippen LogP contribution < -0.4 is 0 Å². The zero-order valence-electron chi connectivity index (χ0n) is 6.45. The molecule has 1 saturated carbocycles. The van der Waals surface area contributed by atoms with Crippen LogP contribution in [-0.2, 0) is 0 Å². The minimum atomic E-state index is -0.0382. The molecule has 0 spiro atoms. The molecule has 0 N–H and O–H groups in total. The molecular formula is C8H12BrN. The third-order valence-electron chi connectivity index (χ3n) is 2.13. The molecule has 0 atom stereocenters. The van der Waals surface area contributed by atoms with Crippen molar-refractivity contribution < 1.29 is 0 Å². The maximum absolute atomic E-state index is 8.79. The standard InChI is InChI=1S/C8H12BrN/c1-7(2)3-8(4-7,5-9)6-10/h3-5H2,1-2H3. The second-order valence-electron chi connectivity index (χ2n) is 4.04. The Morgan fingerprint density at radius 2 is 2.00 bits per heavy atom. The molecular weight excluding hydrogens is 190 g/mol. The Hall–Kier alpha value is -0.0300. The van der Waals surface area contributed by atoms with Crippen LogP contribution in [0.2, 0.25) is 0 Å². The van der Waals surface area contributed by atoms with E-state index in [4.69, 9.17) is 5.26 Å². The predicted octanol–water partition coefficient (Wildman–Crippen LogP) is 2.71. The van der Waals surface area contributed by atoms with Crippen LogP contribution in [0.3, 0.4) is 0 Å². The number of alkyl halides is 1. The number of rotatable bonds is 1. The summed E-state index contributed by atoms with van der Waals surface area (Å²) in [7, 11) is 0. The molecule has 1 aliphatic rings. The van der Waals surface area contributed by atoms with E-state index in [1.165, 1.54) is 0 Å². The van der Waals surface area contributed by atoms with Gasteiger partial charge in [0.15, 0.2) is 0 Å². The predicted molar refractivity (Wildman–Crippen MR) is 44.9 cm³/mol. The Bertz CT molecular complexity index is 170. The quantitative estimate of drug-likeness (QED) is 0.599. The van der Waals surface area contributed by atoms with Crippen LogP contribution in [0.1, 0.15) is 26.7 Å². The van der Waals surface area contributed by atoms with Crippen molar-refractivity contribution >= 4 is 15.9 Å². The summed E-state index contributed by atoms with van der Waals surface area (Å²) in [6, 6.07) is 2.37. The molecule has 0 amide bonds. The van der Waals surface area contributed by atoms with Crippen LogP contribution >= 0.6 is 15.9 Å². The second kappa shape index (κ2) is 2.23. The first kappa shape index (κ1) is 8.07. The summed E-state index contributed by atoms with van der Waals surface area (Å²) in [5.41, 5.74) is 0.368. The lowest BCUT2D eigenvalue weighted by Gasteiger charge is -2.48. The van der Waals surface area contributed by atoms with E-state index in [-0.39, 0.29) is 5.41 Å². The normalized spacial score (nSPS) is 26.6. The van der Waals surface area contributed by atoms with E-state index >= 15 is 0 Å². The molecule has 0 aliphatic heterocycles. The molecule has 0 unspecified atom stereocenters. The SMILES string of the molecule is CC1(C)CC(C#N)(CBr)C1. The highest BCUT2D eigenvalue weighted by molar-refractivity contribution is 9.09. The Morgan fingerprint density at radius 3 is 2.10 bits per heavy atom.